The van der Waals surface area contributed by atoms with Crippen LogP contribution in [0.5, 0.6) is 0 Å². The molecular weight excluding hydrogens is 171 g/mol. The third-order valence-electron chi connectivity index (χ3n) is 1.36. The van der Waals surface area contributed by atoms with Gasteiger partial charge in [0.2, 0.25) is 5.90 Å². The maximum Gasteiger partial charge on any atom is 0.216 e. The first-order valence-electron chi connectivity index (χ1n) is 3.64. The first-order valence-corrected chi connectivity index (χ1v) is 3.64. The van der Waals surface area contributed by atoms with Gasteiger partial charge in [0.05, 0.1) is 0 Å². The number of hydrogen-bond donors (Lipinski definition) is 1. The fourth-order valence-corrected chi connectivity index (χ4v) is 0.808. The van der Waals surface area contributed by atoms with Crippen LogP contribution in [0.15, 0.2) is 24.3 Å². The second-order valence-corrected chi connectivity index (χ2v) is 2.46. The van der Waals surface area contributed by atoms with Crippen LogP contribution in [-0.2, 0) is 4.74 Å². The molecule has 4 heteroatoms. The van der Waals surface area contributed by atoms with Crippen LogP contribution in [0.25, 0.3) is 5.41 Å². The van der Waals surface area contributed by atoms with Crippen molar-refractivity contribution in [2.24, 2.45) is 0 Å². The van der Waals surface area contributed by atoms with Gasteiger partial charge in [-0.1, -0.05) is 0 Å². The molecule has 0 aromatic heterocycles. The zero-order valence-corrected chi connectivity index (χ0v) is 7.04. The van der Waals surface area contributed by atoms with E-state index in [1.807, 2.05) is 0 Å². The molecule has 13 heavy (non-hydrogen) atoms. The summed E-state index contributed by atoms with van der Waals surface area (Å²) in [4.78, 5) is 0. The molecule has 0 heterocycles. The second kappa shape index (κ2) is 3.80. The van der Waals surface area contributed by atoms with E-state index in [1.165, 1.54) is 31.2 Å². The number of rotatable bonds is 1. The van der Waals surface area contributed by atoms with Crippen molar-refractivity contribution in [3.05, 3.63) is 41.1 Å². The van der Waals surface area contributed by atoms with Crippen LogP contribution in [0.4, 0.5) is 4.39 Å². The number of halogens is 1. The Hall–Kier alpha value is -1.71. The van der Waals surface area contributed by atoms with Gasteiger partial charge in [0.25, 0.3) is 0 Å². The molecule has 0 radical (unpaired) electrons. The molecule has 0 bridgehead atoms. The van der Waals surface area contributed by atoms with Gasteiger partial charge in [0.1, 0.15) is 5.82 Å². The zero-order valence-electron chi connectivity index (χ0n) is 7.04. The fraction of sp³-hybridized carbons (Fsp3) is 0.111. The van der Waals surface area contributed by atoms with E-state index >= 15 is 0 Å². The maximum absolute atomic E-state index is 12.4. The molecular formula is C9H8FN2O-. The summed E-state index contributed by atoms with van der Waals surface area (Å²) < 4.78 is 17.1. The van der Waals surface area contributed by atoms with Crippen LogP contribution < -0.4 is 0 Å². The Labute approximate surface area is 75.2 Å². The van der Waals surface area contributed by atoms with E-state index in [4.69, 9.17) is 10.8 Å². The van der Waals surface area contributed by atoms with Crippen LogP contribution in [0.3, 0.4) is 0 Å². The monoisotopic (exact) mass is 179 g/mol. The van der Waals surface area contributed by atoms with Crippen molar-refractivity contribution in [3.8, 4) is 0 Å². The van der Waals surface area contributed by atoms with Crippen molar-refractivity contribution in [2.75, 3.05) is 0 Å². The van der Waals surface area contributed by atoms with E-state index < -0.39 is 0 Å². The van der Waals surface area contributed by atoms with Crippen molar-refractivity contribution >= 4 is 11.8 Å². The van der Waals surface area contributed by atoms with Gasteiger partial charge in [-0.3, -0.25) is 5.41 Å². The lowest BCUT2D eigenvalue weighted by Gasteiger charge is -2.09. The van der Waals surface area contributed by atoms with E-state index in [0.29, 0.717) is 5.56 Å². The van der Waals surface area contributed by atoms with Gasteiger partial charge in [0.15, 0.2) is 0 Å². The first-order chi connectivity index (χ1) is 6.09. The molecule has 0 saturated carbocycles. The molecule has 0 spiro atoms. The summed E-state index contributed by atoms with van der Waals surface area (Å²) >= 11 is 0. The summed E-state index contributed by atoms with van der Waals surface area (Å²) in [5, 5.41) is 16.0. The highest BCUT2D eigenvalue weighted by molar-refractivity contribution is 5.99. The van der Waals surface area contributed by atoms with E-state index in [1.54, 1.807) is 0 Å². The fourth-order valence-electron chi connectivity index (χ4n) is 0.808. The zero-order chi connectivity index (χ0) is 9.84. The van der Waals surface area contributed by atoms with Gasteiger partial charge in [-0.2, -0.15) is 0 Å². The van der Waals surface area contributed by atoms with Gasteiger partial charge in [-0.25, -0.2) is 4.39 Å². The van der Waals surface area contributed by atoms with Gasteiger partial charge < -0.3 is 10.1 Å². The van der Waals surface area contributed by atoms with E-state index in [9.17, 15) is 4.39 Å². The molecule has 68 valence electrons. The number of hydrogen-bond acceptors (Lipinski definition) is 2. The van der Waals surface area contributed by atoms with Crippen molar-refractivity contribution < 1.29 is 9.13 Å². The Kier molecular flexibility index (Phi) is 2.74. The summed E-state index contributed by atoms with van der Waals surface area (Å²) in [5.41, 5.74) is 0.412. The van der Waals surface area contributed by atoms with Crippen molar-refractivity contribution in [3.63, 3.8) is 0 Å². The highest BCUT2D eigenvalue weighted by Gasteiger charge is 2.00. The molecule has 0 amide bonds. The molecule has 0 saturated heterocycles. The molecule has 0 atom stereocenters. The number of ether oxygens (including phenoxy) is 1. The van der Waals surface area contributed by atoms with Gasteiger partial charge in [0, 0.05) is 5.56 Å². The molecule has 0 unspecified atom stereocenters. The summed E-state index contributed by atoms with van der Waals surface area (Å²) in [7, 11) is 0. The molecule has 1 aromatic rings. The van der Waals surface area contributed by atoms with Gasteiger partial charge in [-0.05, 0) is 37.1 Å². The van der Waals surface area contributed by atoms with Crippen molar-refractivity contribution in [1.82, 2.24) is 0 Å². The normalized spacial score (nSPS) is 9.38. The Bertz CT molecular complexity index is 332. The standard InChI is InChI=1S/C9H8FN2O/c1-6(11)13-9(12)7-2-4-8(10)5-3-7/h2-5,12H,1H3/q-1. The molecule has 3 nitrogen and oxygen atoms in total. The van der Waals surface area contributed by atoms with Crippen LogP contribution in [0.2, 0.25) is 0 Å². The predicted octanol–water partition coefficient (Wildman–Crippen LogP) is 2.16. The Balaban J connectivity index is 2.78. The molecule has 0 aliphatic heterocycles. The largest absolute Gasteiger partial charge is 0.775 e. The number of nitrogens with zero attached hydrogens (tertiary/aromatic N) is 1. The average Bonchev–Trinajstić information content (AvgIpc) is 2.04. The van der Waals surface area contributed by atoms with E-state index in [-0.39, 0.29) is 17.6 Å². The van der Waals surface area contributed by atoms with Crippen LogP contribution in [0, 0.1) is 11.2 Å². The molecule has 1 aromatic carbocycles. The van der Waals surface area contributed by atoms with E-state index in [2.05, 4.69) is 4.74 Å². The smallest absolute Gasteiger partial charge is 0.216 e. The third-order valence-corrected chi connectivity index (χ3v) is 1.36. The summed E-state index contributed by atoms with van der Waals surface area (Å²) in [5.74, 6) is -0.893. The quantitative estimate of drug-likeness (QED) is 0.521. The lowest BCUT2D eigenvalue weighted by molar-refractivity contribution is 0.546. The first kappa shape index (κ1) is 9.38. The van der Waals surface area contributed by atoms with Gasteiger partial charge >= 0.3 is 0 Å². The van der Waals surface area contributed by atoms with E-state index in [0.717, 1.165) is 0 Å². The molecule has 0 fully saturated rings. The summed E-state index contributed by atoms with van der Waals surface area (Å²) in [6.07, 6.45) is 0. The highest BCUT2D eigenvalue weighted by atomic mass is 19.1. The highest BCUT2D eigenvalue weighted by Crippen LogP contribution is 2.04. The molecule has 1 N–H and O–H groups in total. The topological polar surface area (TPSA) is 55.4 Å². The Morgan fingerprint density at radius 1 is 1.38 bits per heavy atom. The maximum atomic E-state index is 12.4. The minimum absolute atomic E-state index is 0.208. The molecule has 1 rings (SSSR count). The number of benzene rings is 1. The summed E-state index contributed by atoms with van der Waals surface area (Å²) in [6, 6.07) is 5.25. The van der Waals surface area contributed by atoms with Crippen molar-refractivity contribution in [2.45, 2.75) is 6.92 Å². The molecule has 0 aliphatic rings. The minimum atomic E-state index is -0.374. The minimum Gasteiger partial charge on any atom is -0.775 e. The van der Waals surface area contributed by atoms with Crippen LogP contribution in [0.1, 0.15) is 12.5 Å². The SMILES string of the molecule is CC(=[N-])OC(=N)c1ccc(F)cc1. The van der Waals surface area contributed by atoms with Crippen LogP contribution >= 0.6 is 0 Å². The Morgan fingerprint density at radius 2 is 1.92 bits per heavy atom. The van der Waals surface area contributed by atoms with Crippen molar-refractivity contribution in [1.29, 1.82) is 5.41 Å². The number of nitrogens with one attached hydrogen (secondary N) is 1. The molecule has 0 aliphatic carbocycles. The van der Waals surface area contributed by atoms with Crippen LogP contribution in [-0.4, -0.2) is 11.8 Å². The predicted molar refractivity (Wildman–Crippen MR) is 48.4 cm³/mol. The second-order valence-electron chi connectivity index (χ2n) is 2.46. The van der Waals surface area contributed by atoms with Gasteiger partial charge in [-0.15, -0.1) is 0 Å². The lowest BCUT2D eigenvalue weighted by Crippen LogP contribution is -2.08. The Morgan fingerprint density at radius 3 is 2.38 bits per heavy atom. The summed E-state index contributed by atoms with van der Waals surface area (Å²) in [6.45, 7) is 1.32. The average molecular weight is 179 g/mol. The lowest BCUT2D eigenvalue weighted by atomic mass is 10.2. The third kappa shape index (κ3) is 2.66.